The van der Waals surface area contributed by atoms with Crippen LogP contribution in [0.3, 0.4) is 0 Å². The van der Waals surface area contributed by atoms with Crippen LogP contribution < -0.4 is 4.90 Å². The molecule has 0 aliphatic heterocycles. The normalized spacial score (nSPS) is 16.0. The van der Waals surface area contributed by atoms with Crippen molar-refractivity contribution in [3.63, 3.8) is 0 Å². The van der Waals surface area contributed by atoms with E-state index in [-0.39, 0.29) is 16.2 Å². The van der Waals surface area contributed by atoms with E-state index >= 15 is 0 Å². The third kappa shape index (κ3) is 4.11. The van der Waals surface area contributed by atoms with Crippen molar-refractivity contribution in [1.82, 2.24) is 0 Å². The second-order valence-electron chi connectivity index (χ2n) is 16.6. The molecule has 0 radical (unpaired) electrons. The van der Waals surface area contributed by atoms with E-state index in [1.54, 1.807) is 0 Å². The smallest absolute Gasteiger partial charge is 0.0543 e. The van der Waals surface area contributed by atoms with Gasteiger partial charge < -0.3 is 4.90 Å². The van der Waals surface area contributed by atoms with Gasteiger partial charge in [0.05, 0.1) is 5.69 Å². The lowest BCUT2D eigenvalue weighted by Crippen LogP contribution is -2.18. The van der Waals surface area contributed by atoms with Gasteiger partial charge in [0.15, 0.2) is 0 Å². The minimum atomic E-state index is -0.103. The van der Waals surface area contributed by atoms with Crippen LogP contribution in [-0.2, 0) is 16.2 Å². The molecule has 10 rings (SSSR count). The summed E-state index contributed by atoms with van der Waals surface area (Å²) < 4.78 is 0. The summed E-state index contributed by atoms with van der Waals surface area (Å²) in [5.41, 5.74) is 22.2. The van der Waals surface area contributed by atoms with Gasteiger partial charge in [-0.2, -0.15) is 0 Å². The maximum Gasteiger partial charge on any atom is 0.0543 e. The van der Waals surface area contributed by atoms with Crippen LogP contribution in [0.15, 0.2) is 152 Å². The van der Waals surface area contributed by atoms with Crippen molar-refractivity contribution in [1.29, 1.82) is 0 Å². The van der Waals surface area contributed by atoms with Crippen molar-refractivity contribution in [2.45, 2.75) is 57.8 Å². The van der Waals surface area contributed by atoms with E-state index in [1.165, 1.54) is 89.3 Å². The van der Waals surface area contributed by atoms with E-state index in [2.05, 4.69) is 198 Å². The third-order valence-corrected chi connectivity index (χ3v) is 12.6. The third-order valence-electron chi connectivity index (χ3n) is 12.6. The Balaban J connectivity index is 1.21. The molecule has 7 aromatic carbocycles. The molecule has 0 saturated heterocycles. The highest BCUT2D eigenvalue weighted by Crippen LogP contribution is 2.57. The molecule has 0 spiro atoms. The minimum absolute atomic E-state index is 0.0950. The Labute approximate surface area is 308 Å². The number of rotatable bonds is 4. The van der Waals surface area contributed by atoms with Crippen LogP contribution in [0, 0.1) is 0 Å². The van der Waals surface area contributed by atoms with E-state index in [0.717, 1.165) is 5.69 Å². The van der Waals surface area contributed by atoms with E-state index in [1.807, 2.05) is 0 Å². The van der Waals surface area contributed by atoms with Crippen LogP contribution in [0.5, 0.6) is 0 Å². The zero-order valence-electron chi connectivity index (χ0n) is 30.9. The van der Waals surface area contributed by atoms with Gasteiger partial charge in [0.25, 0.3) is 0 Å². The van der Waals surface area contributed by atoms with Crippen LogP contribution in [0.25, 0.3) is 44.5 Å². The molecule has 3 aliphatic carbocycles. The van der Waals surface area contributed by atoms with Gasteiger partial charge in [-0.25, -0.2) is 0 Å². The van der Waals surface area contributed by atoms with Gasteiger partial charge in [-0.15, -0.1) is 0 Å². The summed E-state index contributed by atoms with van der Waals surface area (Å²) >= 11 is 0. The van der Waals surface area contributed by atoms with Crippen LogP contribution in [0.2, 0.25) is 0 Å². The first-order valence-corrected chi connectivity index (χ1v) is 18.7. The molecule has 0 amide bonds. The molecule has 0 fully saturated rings. The topological polar surface area (TPSA) is 3.24 Å². The molecule has 0 N–H and O–H groups in total. The van der Waals surface area contributed by atoms with Crippen molar-refractivity contribution >= 4 is 17.1 Å². The summed E-state index contributed by atoms with van der Waals surface area (Å²) in [5.74, 6) is 0. The number of hydrogen-bond donors (Lipinski definition) is 0. The predicted octanol–water partition coefficient (Wildman–Crippen LogP) is 13.7. The lowest BCUT2D eigenvalue weighted by molar-refractivity contribution is 0.660. The summed E-state index contributed by atoms with van der Waals surface area (Å²) in [4.78, 5) is 2.53. The molecule has 0 unspecified atom stereocenters. The van der Waals surface area contributed by atoms with Gasteiger partial charge >= 0.3 is 0 Å². The van der Waals surface area contributed by atoms with Gasteiger partial charge in [-0.3, -0.25) is 0 Å². The molecule has 3 aliphatic rings. The molecule has 7 aromatic rings. The standard InChI is InChI=1S/C51H43N/c1-49(2)43-25-12-9-20-40(43)47-44(49)26-15-27-46(47)52(34-28-29-38-36-18-7-10-23-41(36)50(3,4)45(38)31-34)33-17-13-16-32(30-33)35-21-14-22-39-37-19-8-11-24-42(37)51(5,6)48(35)39/h7-31H,1-6H3. The predicted molar refractivity (Wildman–Crippen MR) is 219 cm³/mol. The minimum Gasteiger partial charge on any atom is -0.310 e. The molecule has 0 heterocycles. The molecule has 0 aromatic heterocycles. The monoisotopic (exact) mass is 669 g/mol. The Morgan fingerprint density at radius 2 is 0.846 bits per heavy atom. The number of benzene rings is 7. The molecule has 1 heteroatoms. The Kier molecular flexibility index (Phi) is 6.39. The van der Waals surface area contributed by atoms with Gasteiger partial charge in [0.2, 0.25) is 0 Å². The fraction of sp³-hybridized carbons (Fsp3) is 0.176. The second kappa shape index (κ2) is 10.7. The van der Waals surface area contributed by atoms with Crippen molar-refractivity contribution in [2.75, 3.05) is 4.90 Å². The number of nitrogens with zero attached hydrogens (tertiary/aromatic N) is 1. The Bertz CT molecular complexity index is 2610. The fourth-order valence-electron chi connectivity index (χ4n) is 10.1. The molecular weight excluding hydrogens is 627 g/mol. The van der Waals surface area contributed by atoms with E-state index < -0.39 is 0 Å². The molecule has 0 saturated carbocycles. The van der Waals surface area contributed by atoms with Gasteiger partial charge in [-0.05, 0) is 103 Å². The summed E-state index contributed by atoms with van der Waals surface area (Å²) in [6.45, 7) is 14.3. The lowest BCUT2D eigenvalue weighted by atomic mass is 9.79. The zero-order valence-corrected chi connectivity index (χ0v) is 30.9. The quantitative estimate of drug-likeness (QED) is 0.180. The van der Waals surface area contributed by atoms with E-state index in [0.29, 0.717) is 0 Å². The Hall–Kier alpha value is -5.66. The Morgan fingerprint density at radius 3 is 1.60 bits per heavy atom. The fourth-order valence-corrected chi connectivity index (χ4v) is 10.1. The van der Waals surface area contributed by atoms with E-state index in [9.17, 15) is 0 Å². The van der Waals surface area contributed by atoms with Gasteiger partial charge in [0, 0.05) is 33.2 Å². The van der Waals surface area contributed by atoms with Crippen molar-refractivity contribution in [3.05, 3.63) is 185 Å². The first-order valence-electron chi connectivity index (χ1n) is 18.7. The SMILES string of the molecule is CC1(C)c2ccccc2-c2ccc(N(c3cccc(-c4cccc5c4C(C)(C)c4ccccc4-5)c3)c3cccc4c3-c3ccccc3C4(C)C)cc21. The van der Waals surface area contributed by atoms with Crippen molar-refractivity contribution < 1.29 is 0 Å². The molecule has 52 heavy (non-hydrogen) atoms. The van der Waals surface area contributed by atoms with Crippen LogP contribution in [0.4, 0.5) is 17.1 Å². The van der Waals surface area contributed by atoms with E-state index in [4.69, 9.17) is 0 Å². The molecule has 252 valence electrons. The second-order valence-corrected chi connectivity index (χ2v) is 16.6. The van der Waals surface area contributed by atoms with Crippen LogP contribution in [-0.4, -0.2) is 0 Å². The highest BCUT2D eigenvalue weighted by Gasteiger charge is 2.40. The van der Waals surface area contributed by atoms with Gasteiger partial charge in [-0.1, -0.05) is 163 Å². The Morgan fingerprint density at radius 1 is 0.346 bits per heavy atom. The van der Waals surface area contributed by atoms with Crippen molar-refractivity contribution in [3.8, 4) is 44.5 Å². The average Bonchev–Trinajstić information content (AvgIpc) is 3.65. The number of anilines is 3. The summed E-state index contributed by atoms with van der Waals surface area (Å²) in [7, 11) is 0. The number of fused-ring (bicyclic) bond motifs is 9. The largest absolute Gasteiger partial charge is 0.310 e. The maximum absolute atomic E-state index is 2.53. The summed E-state index contributed by atoms with van der Waals surface area (Å²) in [5, 5.41) is 0. The van der Waals surface area contributed by atoms with Gasteiger partial charge in [0.1, 0.15) is 0 Å². The first kappa shape index (κ1) is 31.1. The van der Waals surface area contributed by atoms with Crippen molar-refractivity contribution in [2.24, 2.45) is 0 Å². The molecule has 0 bridgehead atoms. The summed E-state index contributed by atoms with van der Waals surface area (Å²) in [6, 6.07) is 57.1. The molecule has 0 atom stereocenters. The first-order chi connectivity index (χ1) is 25.1. The highest BCUT2D eigenvalue weighted by molar-refractivity contribution is 5.97. The lowest BCUT2D eigenvalue weighted by Gasteiger charge is -2.31. The average molecular weight is 670 g/mol. The maximum atomic E-state index is 2.53. The molecular formula is C51H43N. The van der Waals surface area contributed by atoms with Crippen LogP contribution in [0.1, 0.15) is 74.9 Å². The zero-order chi connectivity index (χ0) is 35.6. The highest BCUT2D eigenvalue weighted by atomic mass is 15.1. The summed E-state index contributed by atoms with van der Waals surface area (Å²) in [6.07, 6.45) is 0. The van der Waals surface area contributed by atoms with Crippen LogP contribution >= 0.6 is 0 Å². The number of hydrogen-bond acceptors (Lipinski definition) is 1. The molecule has 1 nitrogen and oxygen atoms in total.